The zero-order valence-electron chi connectivity index (χ0n) is 23.8. The first-order valence-corrected chi connectivity index (χ1v) is 13.9. The number of aryl methyl sites for hydroxylation is 2. The van der Waals surface area contributed by atoms with Gasteiger partial charge in [0.25, 0.3) is 12.2 Å². The van der Waals surface area contributed by atoms with Gasteiger partial charge in [0, 0.05) is 16.6 Å². The smallest absolute Gasteiger partial charge is 0.310 e. The molecule has 7 heteroatoms. The third kappa shape index (κ3) is 5.33. The van der Waals surface area contributed by atoms with Crippen molar-refractivity contribution >= 4 is 22.8 Å². The molecule has 1 unspecified atom stereocenters. The molecule has 6 rings (SSSR count). The number of fused-ring (bicyclic) bond motifs is 2. The minimum atomic E-state index is -0.547. The first-order valence-electron chi connectivity index (χ1n) is 13.9. The van der Waals surface area contributed by atoms with Crippen LogP contribution in [0, 0.1) is 20.8 Å². The van der Waals surface area contributed by atoms with E-state index < -0.39 is 6.29 Å². The minimum Gasteiger partial charge on any atom is -0.486 e. The lowest BCUT2D eigenvalue weighted by Gasteiger charge is -2.14. The molecule has 7 nitrogen and oxygen atoms in total. The van der Waals surface area contributed by atoms with E-state index in [4.69, 9.17) is 18.9 Å². The Morgan fingerprint density at radius 2 is 1.62 bits per heavy atom. The van der Waals surface area contributed by atoms with Crippen LogP contribution in [0.2, 0.25) is 0 Å². The number of hydrogen-bond donors (Lipinski definition) is 0. The average molecular weight is 562 g/mol. The molecular formula is C35H31NO6. The van der Waals surface area contributed by atoms with Crippen LogP contribution < -0.4 is 14.2 Å². The van der Waals surface area contributed by atoms with Crippen LogP contribution in [0.1, 0.15) is 38.3 Å². The number of carbonyl (C=O) groups is 2. The van der Waals surface area contributed by atoms with Gasteiger partial charge in [-0.1, -0.05) is 60.7 Å². The second-order valence-electron chi connectivity index (χ2n) is 10.4. The van der Waals surface area contributed by atoms with Crippen molar-refractivity contribution in [3.8, 4) is 17.2 Å². The molecule has 0 spiro atoms. The summed E-state index contributed by atoms with van der Waals surface area (Å²) in [5.74, 6) is 1.54. The van der Waals surface area contributed by atoms with Gasteiger partial charge in [-0.3, -0.25) is 14.2 Å². The van der Waals surface area contributed by atoms with Gasteiger partial charge >= 0.3 is 5.97 Å². The Morgan fingerprint density at radius 3 is 2.40 bits per heavy atom. The molecule has 0 radical (unpaired) electrons. The third-order valence-electron chi connectivity index (χ3n) is 7.51. The number of benzene rings is 4. The van der Waals surface area contributed by atoms with Gasteiger partial charge in [0.05, 0.1) is 11.9 Å². The van der Waals surface area contributed by atoms with Crippen LogP contribution >= 0.6 is 0 Å². The maximum Gasteiger partial charge on any atom is 0.310 e. The van der Waals surface area contributed by atoms with Gasteiger partial charge in [0.1, 0.15) is 12.4 Å². The van der Waals surface area contributed by atoms with E-state index in [1.165, 1.54) is 0 Å². The lowest BCUT2D eigenvalue weighted by molar-refractivity contribution is -0.144. The van der Waals surface area contributed by atoms with Crippen LogP contribution in [0.4, 0.5) is 0 Å². The highest BCUT2D eigenvalue weighted by Gasteiger charge is 2.27. The molecule has 0 bridgehead atoms. The zero-order chi connectivity index (χ0) is 29.2. The van der Waals surface area contributed by atoms with E-state index in [0.717, 1.165) is 38.9 Å². The SMILES string of the molecule is Cc1cc(OCC2Oc3cccc(C)c3O2)ccc1C(=O)n1c(C)c(CC(=O)OCc2ccccc2)c2ccccc21. The Hall–Kier alpha value is -5.04. The second kappa shape index (κ2) is 11.4. The Bertz CT molecular complexity index is 1790. The molecule has 1 aliphatic heterocycles. The van der Waals surface area contributed by atoms with Gasteiger partial charge in [-0.15, -0.1) is 0 Å². The number of carbonyl (C=O) groups excluding carboxylic acids is 2. The number of para-hydroxylation sites is 2. The van der Waals surface area contributed by atoms with Crippen molar-refractivity contribution < 1.29 is 28.5 Å². The van der Waals surface area contributed by atoms with Crippen LogP contribution in [-0.4, -0.2) is 29.3 Å². The van der Waals surface area contributed by atoms with E-state index in [1.807, 2.05) is 99.6 Å². The molecule has 212 valence electrons. The van der Waals surface area contributed by atoms with Crippen molar-refractivity contribution in [3.05, 3.63) is 125 Å². The number of ether oxygens (including phenoxy) is 4. The highest BCUT2D eigenvalue weighted by Crippen LogP contribution is 2.37. The molecule has 1 atom stereocenters. The van der Waals surface area contributed by atoms with E-state index in [0.29, 0.717) is 22.8 Å². The largest absolute Gasteiger partial charge is 0.486 e. The molecule has 0 saturated carbocycles. The quantitative estimate of drug-likeness (QED) is 0.196. The summed E-state index contributed by atoms with van der Waals surface area (Å²) in [6, 6.07) is 28.3. The molecule has 0 saturated heterocycles. The monoisotopic (exact) mass is 561 g/mol. The van der Waals surface area contributed by atoms with E-state index >= 15 is 0 Å². The molecule has 5 aromatic rings. The molecule has 4 aromatic carbocycles. The van der Waals surface area contributed by atoms with E-state index in [-0.39, 0.29) is 31.5 Å². The molecule has 0 fully saturated rings. The summed E-state index contributed by atoms with van der Waals surface area (Å²) in [6.07, 6.45) is -0.477. The van der Waals surface area contributed by atoms with Gasteiger partial charge in [0.15, 0.2) is 18.1 Å². The van der Waals surface area contributed by atoms with Crippen LogP contribution in [-0.2, 0) is 22.6 Å². The number of hydrogen-bond acceptors (Lipinski definition) is 6. The molecule has 2 heterocycles. The average Bonchev–Trinajstić information content (AvgIpc) is 3.54. The fourth-order valence-electron chi connectivity index (χ4n) is 5.34. The number of aromatic nitrogens is 1. The zero-order valence-corrected chi connectivity index (χ0v) is 23.8. The van der Waals surface area contributed by atoms with Crippen molar-refractivity contribution in [3.63, 3.8) is 0 Å². The number of esters is 1. The second-order valence-corrected chi connectivity index (χ2v) is 10.4. The summed E-state index contributed by atoms with van der Waals surface area (Å²) >= 11 is 0. The van der Waals surface area contributed by atoms with Gasteiger partial charge < -0.3 is 18.9 Å². The fourth-order valence-corrected chi connectivity index (χ4v) is 5.34. The van der Waals surface area contributed by atoms with Crippen LogP contribution in [0.15, 0.2) is 91.0 Å². The van der Waals surface area contributed by atoms with Crippen LogP contribution in [0.5, 0.6) is 17.2 Å². The molecular weight excluding hydrogens is 530 g/mol. The normalized spacial score (nSPS) is 13.7. The third-order valence-corrected chi connectivity index (χ3v) is 7.51. The van der Waals surface area contributed by atoms with E-state index in [9.17, 15) is 9.59 Å². The van der Waals surface area contributed by atoms with Crippen molar-refractivity contribution in [1.29, 1.82) is 0 Å². The summed E-state index contributed by atoms with van der Waals surface area (Å²) in [7, 11) is 0. The number of nitrogens with zero attached hydrogens (tertiary/aromatic N) is 1. The lowest BCUT2D eigenvalue weighted by atomic mass is 10.1. The molecule has 1 aromatic heterocycles. The highest BCUT2D eigenvalue weighted by atomic mass is 16.7. The van der Waals surface area contributed by atoms with Crippen molar-refractivity contribution in [1.82, 2.24) is 4.57 Å². The van der Waals surface area contributed by atoms with E-state index in [2.05, 4.69) is 0 Å². The van der Waals surface area contributed by atoms with Gasteiger partial charge in [-0.2, -0.15) is 0 Å². The highest BCUT2D eigenvalue weighted by molar-refractivity contribution is 6.05. The summed E-state index contributed by atoms with van der Waals surface area (Å²) in [5, 5.41) is 0.852. The Kier molecular flexibility index (Phi) is 7.40. The van der Waals surface area contributed by atoms with E-state index in [1.54, 1.807) is 16.7 Å². The summed E-state index contributed by atoms with van der Waals surface area (Å²) in [4.78, 5) is 26.7. The lowest BCUT2D eigenvalue weighted by Crippen LogP contribution is -2.26. The predicted octanol–water partition coefficient (Wildman–Crippen LogP) is 6.72. The maximum atomic E-state index is 13.9. The van der Waals surface area contributed by atoms with Crippen molar-refractivity contribution in [2.75, 3.05) is 6.61 Å². The fraction of sp³-hybridized carbons (Fsp3) is 0.200. The number of rotatable bonds is 8. The summed E-state index contributed by atoms with van der Waals surface area (Å²) < 4.78 is 24.9. The predicted molar refractivity (Wildman–Crippen MR) is 159 cm³/mol. The maximum absolute atomic E-state index is 13.9. The Balaban J connectivity index is 1.18. The first-order chi connectivity index (χ1) is 20.4. The molecule has 0 amide bonds. The standard InChI is InChI=1S/C35H31NO6/c1-22-10-9-15-31-34(22)42-33(41-31)21-39-26-16-17-27(23(2)18-26)35(38)36-24(3)29(28-13-7-8-14-30(28)36)19-32(37)40-20-25-11-5-4-6-12-25/h4-18,33H,19-21H2,1-3H3. The molecule has 42 heavy (non-hydrogen) atoms. The topological polar surface area (TPSA) is 76.0 Å². The van der Waals surface area contributed by atoms with Crippen molar-refractivity contribution in [2.45, 2.75) is 40.1 Å². The van der Waals surface area contributed by atoms with Gasteiger partial charge in [-0.05, 0) is 73.4 Å². The summed E-state index contributed by atoms with van der Waals surface area (Å²) in [6.45, 7) is 6.12. The molecule has 0 N–H and O–H groups in total. The Labute approximate surface area is 244 Å². The Morgan fingerprint density at radius 1 is 0.833 bits per heavy atom. The van der Waals surface area contributed by atoms with Crippen LogP contribution in [0.3, 0.4) is 0 Å². The first kappa shape index (κ1) is 27.1. The van der Waals surface area contributed by atoms with Crippen LogP contribution in [0.25, 0.3) is 10.9 Å². The van der Waals surface area contributed by atoms with Gasteiger partial charge in [-0.25, -0.2) is 0 Å². The van der Waals surface area contributed by atoms with Crippen molar-refractivity contribution in [2.24, 2.45) is 0 Å². The summed E-state index contributed by atoms with van der Waals surface area (Å²) in [5.41, 5.74) is 5.48. The molecule has 1 aliphatic rings. The van der Waals surface area contributed by atoms with Gasteiger partial charge in [0.2, 0.25) is 0 Å². The minimum absolute atomic E-state index is 0.0694. The molecule has 0 aliphatic carbocycles.